The van der Waals surface area contributed by atoms with E-state index in [9.17, 15) is 5.11 Å². The second-order valence-corrected chi connectivity index (χ2v) is 5.39. The van der Waals surface area contributed by atoms with Gasteiger partial charge in [0.1, 0.15) is 0 Å². The summed E-state index contributed by atoms with van der Waals surface area (Å²) < 4.78 is 6.04. The van der Waals surface area contributed by atoms with Gasteiger partial charge in [0.05, 0.1) is 6.10 Å². The van der Waals surface area contributed by atoms with Gasteiger partial charge in [-0.05, 0) is 30.4 Å². The first-order valence-electron chi connectivity index (χ1n) is 6.87. The third-order valence-corrected chi connectivity index (χ3v) is 4.28. The van der Waals surface area contributed by atoms with Gasteiger partial charge in [-0.1, -0.05) is 48.5 Å². The van der Waals surface area contributed by atoms with Crippen molar-refractivity contribution in [3.05, 3.63) is 70.8 Å². The molecule has 0 saturated heterocycles. The van der Waals surface area contributed by atoms with E-state index in [4.69, 9.17) is 4.74 Å². The van der Waals surface area contributed by atoms with Gasteiger partial charge in [0.25, 0.3) is 0 Å². The monoisotopic (exact) mass is 252 g/mol. The van der Waals surface area contributed by atoms with Crippen LogP contribution in [0.25, 0.3) is 0 Å². The second kappa shape index (κ2) is 3.92. The van der Waals surface area contributed by atoms with Gasteiger partial charge in [-0.15, -0.1) is 0 Å². The van der Waals surface area contributed by atoms with Crippen LogP contribution in [0.15, 0.2) is 48.5 Å². The van der Waals surface area contributed by atoms with Gasteiger partial charge in [0, 0.05) is 11.1 Å². The molecule has 2 aromatic rings. The molecule has 2 aliphatic heterocycles. The van der Waals surface area contributed by atoms with E-state index in [0.29, 0.717) is 0 Å². The highest BCUT2D eigenvalue weighted by atomic mass is 16.6. The topological polar surface area (TPSA) is 29.5 Å². The lowest BCUT2D eigenvalue weighted by molar-refractivity contribution is -0.196. The third kappa shape index (κ3) is 1.50. The molecule has 0 amide bonds. The van der Waals surface area contributed by atoms with E-state index in [1.54, 1.807) is 0 Å². The molecular formula is C17H16O2. The lowest BCUT2D eigenvalue weighted by Gasteiger charge is -2.29. The Kier molecular flexibility index (Phi) is 2.32. The molecule has 0 fully saturated rings. The first-order valence-corrected chi connectivity index (χ1v) is 6.87. The van der Waals surface area contributed by atoms with E-state index < -0.39 is 5.79 Å². The first kappa shape index (κ1) is 11.2. The van der Waals surface area contributed by atoms with Crippen LogP contribution in [0.1, 0.15) is 41.2 Å². The Morgan fingerprint density at radius 1 is 1.00 bits per heavy atom. The predicted molar refractivity (Wildman–Crippen MR) is 72.6 cm³/mol. The summed E-state index contributed by atoms with van der Waals surface area (Å²) in [4.78, 5) is 0. The molecule has 0 spiro atoms. The van der Waals surface area contributed by atoms with Crippen molar-refractivity contribution < 1.29 is 9.84 Å². The Morgan fingerprint density at radius 2 is 1.74 bits per heavy atom. The zero-order valence-electron chi connectivity index (χ0n) is 10.7. The van der Waals surface area contributed by atoms with Crippen molar-refractivity contribution in [3.63, 3.8) is 0 Å². The molecule has 2 unspecified atom stereocenters. The molecule has 2 heteroatoms. The molecule has 0 aromatic heterocycles. The van der Waals surface area contributed by atoms with Gasteiger partial charge in [-0.3, -0.25) is 0 Å². The van der Waals surface area contributed by atoms with E-state index >= 15 is 0 Å². The zero-order chi connectivity index (χ0) is 12.9. The number of hydrogen-bond acceptors (Lipinski definition) is 2. The molecule has 0 aliphatic carbocycles. The molecule has 19 heavy (non-hydrogen) atoms. The fourth-order valence-electron chi connectivity index (χ4n) is 3.39. The van der Waals surface area contributed by atoms with Gasteiger partial charge < -0.3 is 9.84 Å². The van der Waals surface area contributed by atoms with Crippen LogP contribution in [0.4, 0.5) is 0 Å². The molecule has 0 radical (unpaired) electrons. The Hall–Kier alpha value is -1.64. The molecule has 0 saturated carbocycles. The highest BCUT2D eigenvalue weighted by molar-refractivity contribution is 5.46. The molecular weight excluding hydrogens is 236 g/mol. The summed E-state index contributed by atoms with van der Waals surface area (Å²) in [5.41, 5.74) is 4.15. The minimum absolute atomic E-state index is 0.0227. The summed E-state index contributed by atoms with van der Waals surface area (Å²) in [5, 5.41) is 11.1. The molecule has 2 aromatic carbocycles. The number of hydrogen-bond donors (Lipinski definition) is 1. The van der Waals surface area contributed by atoms with Crippen LogP contribution in [0.5, 0.6) is 0 Å². The van der Waals surface area contributed by atoms with Crippen molar-refractivity contribution in [3.8, 4) is 0 Å². The molecule has 2 nitrogen and oxygen atoms in total. The summed E-state index contributed by atoms with van der Waals surface area (Å²) in [6.07, 6.45) is 3.08. The van der Waals surface area contributed by atoms with Crippen molar-refractivity contribution in [1.29, 1.82) is 0 Å². The van der Waals surface area contributed by atoms with Crippen LogP contribution in [0, 0.1) is 0 Å². The number of rotatable bonds is 0. The van der Waals surface area contributed by atoms with Gasteiger partial charge in [0.2, 0.25) is 5.79 Å². The minimum atomic E-state index is -1.27. The van der Waals surface area contributed by atoms with E-state index in [2.05, 4.69) is 12.1 Å². The van der Waals surface area contributed by atoms with E-state index in [0.717, 1.165) is 36.0 Å². The molecule has 2 aliphatic rings. The number of ether oxygens (including phenoxy) is 1. The van der Waals surface area contributed by atoms with Crippen molar-refractivity contribution in [1.82, 2.24) is 0 Å². The third-order valence-electron chi connectivity index (χ3n) is 4.28. The maximum atomic E-state index is 11.1. The largest absolute Gasteiger partial charge is 0.358 e. The Labute approximate surface area is 112 Å². The summed E-state index contributed by atoms with van der Waals surface area (Å²) in [7, 11) is 0. The van der Waals surface area contributed by atoms with Crippen molar-refractivity contribution in [2.45, 2.75) is 31.2 Å². The smallest absolute Gasteiger partial charge is 0.221 e. The average molecular weight is 252 g/mol. The minimum Gasteiger partial charge on any atom is -0.358 e. The summed E-state index contributed by atoms with van der Waals surface area (Å²) in [5.74, 6) is -1.27. The molecule has 4 rings (SSSR count). The van der Waals surface area contributed by atoms with Gasteiger partial charge in [-0.2, -0.15) is 0 Å². The fraction of sp³-hybridized carbons (Fsp3) is 0.294. The molecule has 2 heterocycles. The van der Waals surface area contributed by atoms with Gasteiger partial charge >= 0.3 is 0 Å². The zero-order valence-corrected chi connectivity index (χ0v) is 10.7. The van der Waals surface area contributed by atoms with Crippen molar-refractivity contribution >= 4 is 0 Å². The number of aryl methyl sites for hydroxylation is 1. The quantitative estimate of drug-likeness (QED) is 0.779. The molecule has 96 valence electrons. The number of fused-ring (bicyclic) bond motifs is 7. The van der Waals surface area contributed by atoms with Crippen molar-refractivity contribution in [2.24, 2.45) is 0 Å². The van der Waals surface area contributed by atoms with Crippen molar-refractivity contribution in [2.75, 3.05) is 0 Å². The Balaban J connectivity index is 2.00. The molecule has 2 bridgehead atoms. The SMILES string of the molecule is OC12OC(CCCc3ccccc31)c1ccccc12. The average Bonchev–Trinajstić information content (AvgIpc) is 2.74. The van der Waals surface area contributed by atoms with E-state index in [1.165, 1.54) is 5.56 Å². The highest BCUT2D eigenvalue weighted by Gasteiger charge is 2.46. The lowest BCUT2D eigenvalue weighted by Crippen LogP contribution is -2.29. The number of aliphatic hydroxyl groups is 1. The van der Waals surface area contributed by atoms with E-state index in [1.807, 2.05) is 36.4 Å². The summed E-state index contributed by atoms with van der Waals surface area (Å²) in [6, 6.07) is 16.1. The van der Waals surface area contributed by atoms with Crippen LogP contribution in [0.2, 0.25) is 0 Å². The molecule has 2 atom stereocenters. The number of benzene rings is 2. The second-order valence-electron chi connectivity index (χ2n) is 5.39. The fourth-order valence-corrected chi connectivity index (χ4v) is 3.39. The Bertz CT molecular complexity index is 635. The van der Waals surface area contributed by atoms with Crippen LogP contribution in [-0.2, 0) is 16.9 Å². The predicted octanol–water partition coefficient (Wildman–Crippen LogP) is 3.29. The normalized spacial score (nSPS) is 28.2. The standard InChI is InChI=1S/C17H16O2/c18-17-14-9-3-1-6-12(14)7-5-11-16(19-17)13-8-2-4-10-15(13)17/h1-4,6,8-10,16,18H,5,7,11H2. The van der Waals surface area contributed by atoms with Crippen LogP contribution in [0.3, 0.4) is 0 Å². The van der Waals surface area contributed by atoms with Crippen LogP contribution in [-0.4, -0.2) is 5.11 Å². The maximum absolute atomic E-state index is 11.1. The Morgan fingerprint density at radius 3 is 2.63 bits per heavy atom. The van der Waals surface area contributed by atoms with Gasteiger partial charge in [-0.25, -0.2) is 0 Å². The maximum Gasteiger partial charge on any atom is 0.221 e. The summed E-state index contributed by atoms with van der Waals surface area (Å²) in [6.45, 7) is 0. The molecule has 1 N–H and O–H groups in total. The van der Waals surface area contributed by atoms with E-state index in [-0.39, 0.29) is 6.10 Å². The van der Waals surface area contributed by atoms with Crippen LogP contribution >= 0.6 is 0 Å². The first-order chi connectivity index (χ1) is 9.29. The van der Waals surface area contributed by atoms with Gasteiger partial charge in [0.15, 0.2) is 0 Å². The highest BCUT2D eigenvalue weighted by Crippen LogP contribution is 2.49. The summed E-state index contributed by atoms with van der Waals surface area (Å²) >= 11 is 0. The van der Waals surface area contributed by atoms with Crippen LogP contribution < -0.4 is 0 Å². The lowest BCUT2D eigenvalue weighted by atomic mass is 9.91.